The number of aryl methyl sites for hydroxylation is 1. The Kier molecular flexibility index (Phi) is 8.35. The number of nitrogens with two attached hydrogens (primary N) is 3. The molecule has 1 aliphatic heterocycles. The number of amidine groups is 1. The van der Waals surface area contributed by atoms with Crippen molar-refractivity contribution in [2.75, 3.05) is 19.4 Å². The van der Waals surface area contributed by atoms with Gasteiger partial charge in [-0.05, 0) is 61.9 Å². The average molecular weight is 561 g/mol. The van der Waals surface area contributed by atoms with Crippen molar-refractivity contribution in [3.63, 3.8) is 0 Å². The number of ether oxygens (including phenoxy) is 1. The van der Waals surface area contributed by atoms with Gasteiger partial charge in [-0.15, -0.1) is 11.3 Å². The predicted molar refractivity (Wildman–Crippen MR) is 146 cm³/mol. The van der Waals surface area contributed by atoms with Gasteiger partial charge in [-0.25, -0.2) is 8.78 Å². The van der Waals surface area contributed by atoms with E-state index in [0.29, 0.717) is 31.4 Å². The number of fused-ring (bicyclic) bond motifs is 1. The highest BCUT2D eigenvalue weighted by atomic mass is 35.5. The lowest BCUT2D eigenvalue weighted by Crippen LogP contribution is -2.36. The van der Waals surface area contributed by atoms with Crippen LogP contribution < -0.4 is 17.2 Å². The van der Waals surface area contributed by atoms with E-state index in [9.17, 15) is 14.4 Å². The number of methoxy groups -OCH3 is 1. The number of hydrogen-bond donors (Lipinski definition) is 3. The second-order valence-electron chi connectivity index (χ2n) is 9.02. The van der Waals surface area contributed by atoms with E-state index in [2.05, 4.69) is 4.99 Å². The standard InChI is InChI=1S/C26H27ClF2N6O2S/c1-37-26(33)34-23-13(2-3-14-4-5-15(8-9-30)35(14)12-36)10-18(27)21(22(23)29)16-6-7-19(28)24-20(16)17(11-31)25(32)38-24/h6-7,10,12,14-15H,2-5,8-9,30,32H2,1H3,(H2,33,34)/t14-,15+/m1/s1. The summed E-state index contributed by atoms with van der Waals surface area (Å²) in [7, 11) is 1.31. The number of benzene rings is 2. The van der Waals surface area contributed by atoms with Crippen molar-refractivity contribution in [1.82, 2.24) is 4.90 Å². The van der Waals surface area contributed by atoms with Gasteiger partial charge in [0.1, 0.15) is 22.6 Å². The molecule has 4 rings (SSSR count). The highest BCUT2D eigenvalue weighted by Gasteiger charge is 2.32. The Labute approximate surface area is 227 Å². The number of halogens is 3. The molecule has 1 fully saturated rings. The molecule has 200 valence electrons. The molecule has 0 aliphatic carbocycles. The summed E-state index contributed by atoms with van der Waals surface area (Å²) in [6.07, 6.45) is 4.11. The molecule has 6 N–H and O–H groups in total. The Bertz CT molecular complexity index is 1450. The molecule has 1 aromatic heterocycles. The highest BCUT2D eigenvalue weighted by molar-refractivity contribution is 7.23. The maximum Gasteiger partial charge on any atom is 0.287 e. The number of amides is 1. The topological polar surface area (TPSA) is 144 Å². The number of nitrogen functional groups attached to an aromatic ring is 1. The van der Waals surface area contributed by atoms with Gasteiger partial charge in [-0.3, -0.25) is 4.79 Å². The quantitative estimate of drug-likeness (QED) is 0.205. The third-order valence-corrected chi connectivity index (χ3v) is 8.27. The number of nitriles is 1. The van der Waals surface area contributed by atoms with Crippen LogP contribution in [0.4, 0.5) is 19.5 Å². The van der Waals surface area contributed by atoms with Gasteiger partial charge in [0.25, 0.3) is 6.02 Å². The van der Waals surface area contributed by atoms with E-state index in [1.165, 1.54) is 19.2 Å². The van der Waals surface area contributed by atoms with Crippen LogP contribution in [0.1, 0.15) is 36.8 Å². The maximum atomic E-state index is 16.3. The molecule has 0 radical (unpaired) electrons. The SMILES string of the molecule is COC(N)=Nc1c(CC[C@@H]2CC[C@@H](CCN)N2C=O)cc(Cl)c(-c2ccc(F)c3sc(N)c(C#N)c23)c1F. The minimum Gasteiger partial charge on any atom is -0.469 e. The molecule has 1 aliphatic rings. The first-order chi connectivity index (χ1) is 18.2. The molecule has 1 amide bonds. The summed E-state index contributed by atoms with van der Waals surface area (Å²) in [5.41, 5.74) is 18.0. The van der Waals surface area contributed by atoms with Gasteiger partial charge in [-0.1, -0.05) is 17.7 Å². The van der Waals surface area contributed by atoms with Gasteiger partial charge in [0.15, 0.2) is 5.82 Å². The van der Waals surface area contributed by atoms with E-state index in [0.717, 1.165) is 30.6 Å². The second kappa shape index (κ2) is 11.5. The predicted octanol–water partition coefficient (Wildman–Crippen LogP) is 4.82. The van der Waals surface area contributed by atoms with Crippen molar-refractivity contribution in [3.8, 4) is 17.2 Å². The van der Waals surface area contributed by atoms with Crippen molar-refractivity contribution in [1.29, 1.82) is 5.26 Å². The maximum absolute atomic E-state index is 16.3. The highest BCUT2D eigenvalue weighted by Crippen LogP contribution is 2.46. The first-order valence-electron chi connectivity index (χ1n) is 12.0. The van der Waals surface area contributed by atoms with Crippen LogP contribution in [0.3, 0.4) is 0 Å². The molecular weight excluding hydrogens is 534 g/mol. The minimum absolute atomic E-state index is 0.0362. The Hall–Kier alpha value is -3.46. The van der Waals surface area contributed by atoms with E-state index < -0.39 is 11.6 Å². The number of hydrogen-bond acceptors (Lipinski definition) is 7. The first-order valence-corrected chi connectivity index (χ1v) is 13.2. The van der Waals surface area contributed by atoms with Crippen LogP contribution in [-0.2, 0) is 16.0 Å². The van der Waals surface area contributed by atoms with Crippen LogP contribution in [0.25, 0.3) is 21.2 Å². The molecule has 0 bridgehead atoms. The third kappa shape index (κ3) is 4.99. The number of carbonyl (C=O) groups is 1. The monoisotopic (exact) mass is 560 g/mol. The summed E-state index contributed by atoms with van der Waals surface area (Å²) in [5.74, 6) is -1.38. The van der Waals surface area contributed by atoms with Crippen molar-refractivity contribution < 1.29 is 18.3 Å². The van der Waals surface area contributed by atoms with E-state index >= 15 is 4.39 Å². The molecule has 0 unspecified atom stereocenters. The number of thiophene rings is 1. The zero-order valence-electron chi connectivity index (χ0n) is 20.6. The van der Waals surface area contributed by atoms with Crippen LogP contribution in [-0.4, -0.2) is 43.1 Å². The summed E-state index contributed by atoms with van der Waals surface area (Å²) >= 11 is 7.54. The van der Waals surface area contributed by atoms with Crippen LogP contribution in [0.2, 0.25) is 5.02 Å². The summed E-state index contributed by atoms with van der Waals surface area (Å²) in [5, 5.41) is 10.0. The van der Waals surface area contributed by atoms with Crippen molar-refractivity contribution in [2.24, 2.45) is 16.5 Å². The Morgan fingerprint density at radius 1 is 1.34 bits per heavy atom. The summed E-state index contributed by atoms with van der Waals surface area (Å²) in [4.78, 5) is 17.7. The number of likely N-dealkylation sites (tertiary alicyclic amines) is 1. The molecule has 0 saturated carbocycles. The molecule has 0 spiro atoms. The Morgan fingerprint density at radius 2 is 2.05 bits per heavy atom. The van der Waals surface area contributed by atoms with Gasteiger partial charge < -0.3 is 26.8 Å². The lowest BCUT2D eigenvalue weighted by Gasteiger charge is -2.26. The fraction of sp³-hybridized carbons (Fsp3) is 0.346. The summed E-state index contributed by atoms with van der Waals surface area (Å²) in [6.45, 7) is 0.485. The number of carbonyl (C=O) groups excluding carboxylic acids is 1. The molecule has 2 aromatic carbocycles. The minimum atomic E-state index is -0.797. The first kappa shape index (κ1) is 27.6. The Morgan fingerprint density at radius 3 is 2.68 bits per heavy atom. The van der Waals surface area contributed by atoms with Gasteiger partial charge in [-0.2, -0.15) is 10.3 Å². The number of rotatable bonds is 8. The van der Waals surface area contributed by atoms with Crippen molar-refractivity contribution in [2.45, 2.75) is 44.2 Å². The molecule has 12 heteroatoms. The normalized spacial score (nSPS) is 17.7. The average Bonchev–Trinajstić information content (AvgIpc) is 3.45. The summed E-state index contributed by atoms with van der Waals surface area (Å²) in [6, 6.07) is 5.88. The van der Waals surface area contributed by atoms with Gasteiger partial charge in [0, 0.05) is 23.0 Å². The Balaban J connectivity index is 1.82. The molecule has 8 nitrogen and oxygen atoms in total. The summed E-state index contributed by atoms with van der Waals surface area (Å²) < 4.78 is 36.0. The molecule has 2 atom stereocenters. The third-order valence-electron chi connectivity index (χ3n) is 6.95. The number of aliphatic imine (C=N–C) groups is 1. The largest absolute Gasteiger partial charge is 0.469 e. The zero-order valence-corrected chi connectivity index (χ0v) is 22.2. The fourth-order valence-corrected chi connectivity index (χ4v) is 6.40. The molecule has 3 aromatic rings. The van der Waals surface area contributed by atoms with E-state index in [4.69, 9.17) is 33.5 Å². The molecular formula is C26H27ClF2N6O2S. The van der Waals surface area contributed by atoms with Crippen molar-refractivity contribution in [3.05, 3.63) is 46.0 Å². The fourth-order valence-electron chi connectivity index (χ4n) is 5.14. The molecule has 1 saturated heterocycles. The van der Waals surface area contributed by atoms with Crippen molar-refractivity contribution >= 4 is 56.1 Å². The van der Waals surface area contributed by atoms with Gasteiger partial charge >= 0.3 is 0 Å². The lowest BCUT2D eigenvalue weighted by molar-refractivity contribution is -0.120. The zero-order chi connectivity index (χ0) is 27.6. The molecule has 38 heavy (non-hydrogen) atoms. The second-order valence-corrected chi connectivity index (χ2v) is 10.5. The molecule has 2 heterocycles. The van der Waals surface area contributed by atoms with Crippen LogP contribution >= 0.6 is 22.9 Å². The van der Waals surface area contributed by atoms with Crippen LogP contribution in [0.5, 0.6) is 0 Å². The number of anilines is 1. The van der Waals surface area contributed by atoms with E-state index in [1.54, 1.807) is 11.0 Å². The smallest absolute Gasteiger partial charge is 0.287 e. The van der Waals surface area contributed by atoms with Crippen LogP contribution in [0.15, 0.2) is 23.2 Å². The van der Waals surface area contributed by atoms with E-state index in [-0.39, 0.29) is 60.6 Å². The van der Waals surface area contributed by atoms with Crippen LogP contribution in [0, 0.1) is 23.0 Å². The lowest BCUT2D eigenvalue weighted by atomic mass is 9.94. The van der Waals surface area contributed by atoms with E-state index in [1.807, 2.05) is 6.07 Å². The van der Waals surface area contributed by atoms with Gasteiger partial charge in [0.2, 0.25) is 6.41 Å². The number of nitrogens with zero attached hydrogens (tertiary/aromatic N) is 3. The van der Waals surface area contributed by atoms with Gasteiger partial charge in [0.05, 0.1) is 22.4 Å².